The van der Waals surface area contributed by atoms with Gasteiger partial charge in [0.1, 0.15) is 11.4 Å². The Labute approximate surface area is 95.1 Å². The summed E-state index contributed by atoms with van der Waals surface area (Å²) in [4.78, 5) is 10.9. The molecular weight excluding hydrogens is 202 g/mol. The third-order valence-electron chi connectivity index (χ3n) is 2.37. The molecule has 0 fully saturated rings. The van der Waals surface area contributed by atoms with E-state index in [9.17, 15) is 4.79 Å². The van der Waals surface area contributed by atoms with Crippen molar-refractivity contribution < 1.29 is 9.53 Å². The lowest BCUT2D eigenvalue weighted by Crippen LogP contribution is -2.27. The minimum atomic E-state index is -0.261. The van der Waals surface area contributed by atoms with Crippen molar-refractivity contribution in [3.63, 3.8) is 0 Å². The number of carbonyl (C=O) groups excluding carboxylic acids is 1. The molecule has 84 valence electrons. The molecule has 1 amide bonds. The van der Waals surface area contributed by atoms with Gasteiger partial charge in [-0.1, -0.05) is 6.08 Å². The van der Waals surface area contributed by atoms with Crippen LogP contribution in [0.1, 0.15) is 26.3 Å². The fourth-order valence-electron chi connectivity index (χ4n) is 1.66. The van der Waals surface area contributed by atoms with Gasteiger partial charge >= 0.3 is 0 Å². The summed E-state index contributed by atoms with van der Waals surface area (Å²) in [6.07, 6.45) is 4.02. The second-order valence-corrected chi connectivity index (χ2v) is 4.47. The van der Waals surface area contributed by atoms with Crippen molar-refractivity contribution in [3.8, 4) is 5.75 Å². The van der Waals surface area contributed by atoms with Gasteiger partial charge in [-0.3, -0.25) is 4.79 Å². The van der Waals surface area contributed by atoms with Crippen molar-refractivity contribution >= 4 is 17.7 Å². The Morgan fingerprint density at radius 3 is 2.81 bits per heavy atom. The summed E-state index contributed by atoms with van der Waals surface area (Å²) in [5.74, 6) is 0.780. The third kappa shape index (κ3) is 2.24. The number of benzene rings is 1. The molecule has 0 saturated heterocycles. The van der Waals surface area contributed by atoms with Gasteiger partial charge in [-0.25, -0.2) is 0 Å². The van der Waals surface area contributed by atoms with Gasteiger partial charge in [-0.15, -0.1) is 0 Å². The molecule has 0 radical (unpaired) electrons. The molecule has 0 spiro atoms. The SMILES string of the molecule is CC(=O)Nc1ccc2c(c1)C=CC(C)(C)O2. The smallest absolute Gasteiger partial charge is 0.221 e. The highest BCUT2D eigenvalue weighted by Gasteiger charge is 2.21. The molecule has 0 atom stereocenters. The van der Waals surface area contributed by atoms with E-state index in [1.54, 1.807) is 0 Å². The van der Waals surface area contributed by atoms with Gasteiger partial charge in [-0.2, -0.15) is 0 Å². The monoisotopic (exact) mass is 217 g/mol. The van der Waals surface area contributed by atoms with Crippen LogP contribution in [-0.4, -0.2) is 11.5 Å². The number of fused-ring (bicyclic) bond motifs is 1. The van der Waals surface area contributed by atoms with Crippen LogP contribution in [0.5, 0.6) is 5.75 Å². The van der Waals surface area contributed by atoms with Crippen molar-refractivity contribution in [2.45, 2.75) is 26.4 Å². The molecule has 1 aromatic carbocycles. The van der Waals surface area contributed by atoms with Crippen molar-refractivity contribution in [1.29, 1.82) is 0 Å². The minimum absolute atomic E-state index is 0.0685. The van der Waals surface area contributed by atoms with Crippen molar-refractivity contribution in [2.24, 2.45) is 0 Å². The second kappa shape index (κ2) is 3.67. The van der Waals surface area contributed by atoms with E-state index in [-0.39, 0.29) is 11.5 Å². The standard InChI is InChI=1S/C13H15NO2/c1-9(15)14-11-4-5-12-10(8-11)6-7-13(2,3)16-12/h4-8H,1-3H3,(H,14,15). The Kier molecular flexibility index (Phi) is 2.46. The fourth-order valence-corrected chi connectivity index (χ4v) is 1.66. The van der Waals surface area contributed by atoms with E-state index >= 15 is 0 Å². The van der Waals surface area contributed by atoms with Gasteiger partial charge in [0.15, 0.2) is 0 Å². The van der Waals surface area contributed by atoms with E-state index in [2.05, 4.69) is 5.32 Å². The van der Waals surface area contributed by atoms with Gasteiger partial charge < -0.3 is 10.1 Å². The van der Waals surface area contributed by atoms with E-state index in [0.717, 1.165) is 17.0 Å². The lowest BCUT2D eigenvalue weighted by molar-refractivity contribution is -0.114. The summed E-state index contributed by atoms with van der Waals surface area (Å²) in [6.45, 7) is 5.51. The topological polar surface area (TPSA) is 38.3 Å². The molecule has 2 rings (SSSR count). The molecule has 0 aliphatic carbocycles. The average molecular weight is 217 g/mol. The van der Waals surface area contributed by atoms with E-state index in [0.29, 0.717) is 0 Å². The zero-order chi connectivity index (χ0) is 11.8. The van der Waals surface area contributed by atoms with Crippen LogP contribution in [0.3, 0.4) is 0 Å². The highest BCUT2D eigenvalue weighted by atomic mass is 16.5. The largest absolute Gasteiger partial charge is 0.483 e. The summed E-state index contributed by atoms with van der Waals surface area (Å²) in [5.41, 5.74) is 1.52. The molecule has 16 heavy (non-hydrogen) atoms. The Hall–Kier alpha value is -1.77. The van der Waals surface area contributed by atoms with Crippen molar-refractivity contribution in [1.82, 2.24) is 0 Å². The maximum Gasteiger partial charge on any atom is 0.221 e. The Bertz CT molecular complexity index is 461. The maximum atomic E-state index is 10.9. The summed E-state index contributed by atoms with van der Waals surface area (Å²) in [7, 11) is 0. The first-order valence-corrected chi connectivity index (χ1v) is 5.26. The van der Waals surface area contributed by atoms with E-state index in [1.807, 2.05) is 44.2 Å². The first-order chi connectivity index (χ1) is 7.46. The molecule has 1 aliphatic rings. The number of hydrogen-bond acceptors (Lipinski definition) is 2. The van der Waals surface area contributed by atoms with Crippen molar-refractivity contribution in [2.75, 3.05) is 5.32 Å². The highest BCUT2D eigenvalue weighted by molar-refractivity contribution is 5.89. The van der Waals surface area contributed by atoms with Crippen molar-refractivity contribution in [3.05, 3.63) is 29.8 Å². The average Bonchev–Trinajstić information content (AvgIpc) is 2.16. The molecule has 1 aromatic rings. The lowest BCUT2D eigenvalue weighted by Gasteiger charge is -2.28. The minimum Gasteiger partial charge on any atom is -0.483 e. The fraction of sp³-hybridized carbons (Fsp3) is 0.308. The van der Waals surface area contributed by atoms with E-state index in [1.165, 1.54) is 6.92 Å². The molecule has 0 unspecified atom stereocenters. The Morgan fingerprint density at radius 1 is 1.38 bits per heavy atom. The van der Waals surface area contributed by atoms with E-state index < -0.39 is 0 Å². The number of anilines is 1. The first kappa shape index (κ1) is 10.7. The van der Waals surface area contributed by atoms with Crippen LogP contribution in [0, 0.1) is 0 Å². The zero-order valence-corrected chi connectivity index (χ0v) is 9.70. The molecule has 1 N–H and O–H groups in total. The van der Waals surface area contributed by atoms with Gasteiger partial charge in [-0.05, 0) is 38.1 Å². The molecule has 3 nitrogen and oxygen atoms in total. The van der Waals surface area contributed by atoms with Crippen LogP contribution in [0.25, 0.3) is 6.08 Å². The number of hydrogen-bond donors (Lipinski definition) is 1. The number of amides is 1. The van der Waals surface area contributed by atoms with Gasteiger partial charge in [0.2, 0.25) is 5.91 Å². The summed E-state index contributed by atoms with van der Waals surface area (Å²) >= 11 is 0. The Balaban J connectivity index is 2.31. The molecule has 1 aliphatic heterocycles. The van der Waals surface area contributed by atoms with Crippen LogP contribution in [-0.2, 0) is 4.79 Å². The number of rotatable bonds is 1. The molecule has 0 saturated carbocycles. The normalized spacial score (nSPS) is 16.2. The Morgan fingerprint density at radius 2 is 2.12 bits per heavy atom. The lowest BCUT2D eigenvalue weighted by atomic mass is 10.0. The first-order valence-electron chi connectivity index (χ1n) is 5.26. The number of carbonyl (C=O) groups is 1. The van der Waals surface area contributed by atoms with Gasteiger partial charge in [0, 0.05) is 18.2 Å². The quantitative estimate of drug-likeness (QED) is 0.785. The number of ether oxygens (including phenoxy) is 1. The molecular formula is C13H15NO2. The maximum absolute atomic E-state index is 10.9. The predicted molar refractivity (Wildman–Crippen MR) is 64.5 cm³/mol. The highest BCUT2D eigenvalue weighted by Crippen LogP contribution is 2.32. The van der Waals surface area contributed by atoms with Crippen LogP contribution in [0.15, 0.2) is 24.3 Å². The van der Waals surface area contributed by atoms with Crippen LogP contribution < -0.4 is 10.1 Å². The molecule has 0 bridgehead atoms. The number of nitrogens with one attached hydrogen (secondary N) is 1. The summed E-state index contributed by atoms with van der Waals surface area (Å²) in [6, 6.07) is 5.63. The molecule has 3 heteroatoms. The van der Waals surface area contributed by atoms with Gasteiger partial charge in [0.05, 0.1) is 0 Å². The zero-order valence-electron chi connectivity index (χ0n) is 9.70. The molecule has 1 heterocycles. The molecule has 0 aromatic heterocycles. The van der Waals surface area contributed by atoms with Crippen LogP contribution >= 0.6 is 0 Å². The van der Waals surface area contributed by atoms with Gasteiger partial charge in [0.25, 0.3) is 0 Å². The second-order valence-electron chi connectivity index (χ2n) is 4.47. The predicted octanol–water partition coefficient (Wildman–Crippen LogP) is 2.83. The van der Waals surface area contributed by atoms with E-state index in [4.69, 9.17) is 4.74 Å². The van der Waals surface area contributed by atoms with Crippen LogP contribution in [0.2, 0.25) is 0 Å². The van der Waals surface area contributed by atoms with Crippen LogP contribution in [0.4, 0.5) is 5.69 Å². The summed E-state index contributed by atoms with van der Waals surface area (Å²) in [5, 5.41) is 2.75. The third-order valence-corrected chi connectivity index (χ3v) is 2.37. The summed E-state index contributed by atoms with van der Waals surface area (Å²) < 4.78 is 5.78.